The Hall–Kier alpha value is -4.97. The van der Waals surface area contributed by atoms with Gasteiger partial charge in [-0.25, -0.2) is 9.78 Å². The Labute approximate surface area is 303 Å². The van der Waals surface area contributed by atoms with Gasteiger partial charge >= 0.3 is 6.09 Å². The van der Waals surface area contributed by atoms with Crippen LogP contribution >= 0.6 is 0 Å². The number of benzene rings is 2. The van der Waals surface area contributed by atoms with Crippen LogP contribution in [0.5, 0.6) is 0 Å². The molecule has 4 aromatic rings. The highest BCUT2D eigenvalue weighted by Crippen LogP contribution is 2.36. The van der Waals surface area contributed by atoms with Gasteiger partial charge in [-0.2, -0.15) is 0 Å². The zero-order valence-electron chi connectivity index (χ0n) is 30.5. The topological polar surface area (TPSA) is 130 Å². The van der Waals surface area contributed by atoms with E-state index in [9.17, 15) is 24.3 Å². The van der Waals surface area contributed by atoms with Gasteiger partial charge in [0, 0.05) is 69.9 Å². The van der Waals surface area contributed by atoms with Gasteiger partial charge < -0.3 is 29.1 Å². The molecule has 5 heterocycles. The highest BCUT2D eigenvalue weighted by molar-refractivity contribution is 5.95. The molecule has 2 atom stereocenters. The van der Waals surface area contributed by atoms with Crippen molar-refractivity contribution < 1.29 is 24.2 Å². The summed E-state index contributed by atoms with van der Waals surface area (Å²) >= 11 is 0. The fourth-order valence-electron chi connectivity index (χ4n) is 7.97. The number of aryl methyl sites for hydroxylation is 1. The standard InChI is InChI=1S/C40H48N6O6/c1-39(2,3)52-38(50)45-18-12-28-22-29(10-11-30(28)23-45)35(47)44-19-14-31(33(24-44)27-8-6-5-7-9-27)36(48)43-20-15-40(51,16-21-43)25-46-26-41-34-32(37(46)49)13-17-42(34)4/h5-11,13,17,22,26,31,33,51H,12,14-16,18-21,23-25H2,1-4H3/t31-,33+/m1/s1. The summed E-state index contributed by atoms with van der Waals surface area (Å²) in [6.45, 7) is 8.28. The van der Waals surface area contributed by atoms with Gasteiger partial charge in [0.1, 0.15) is 17.6 Å². The van der Waals surface area contributed by atoms with Crippen molar-refractivity contribution in [2.24, 2.45) is 13.0 Å². The molecule has 2 saturated heterocycles. The molecule has 0 radical (unpaired) electrons. The van der Waals surface area contributed by atoms with Crippen molar-refractivity contribution in [2.75, 3.05) is 32.7 Å². The molecule has 0 bridgehead atoms. The number of fused-ring (bicyclic) bond motifs is 2. The van der Waals surface area contributed by atoms with E-state index in [2.05, 4.69) is 4.98 Å². The van der Waals surface area contributed by atoms with Gasteiger partial charge in [0.25, 0.3) is 11.5 Å². The number of aliphatic hydroxyl groups is 1. The van der Waals surface area contributed by atoms with E-state index in [0.29, 0.717) is 81.5 Å². The number of rotatable bonds is 5. The Morgan fingerprint density at radius 2 is 1.69 bits per heavy atom. The van der Waals surface area contributed by atoms with Gasteiger partial charge in [-0.15, -0.1) is 0 Å². The number of aromatic nitrogens is 3. The van der Waals surface area contributed by atoms with Gasteiger partial charge in [-0.3, -0.25) is 19.0 Å². The second-order valence-corrected chi connectivity index (χ2v) is 15.7. The lowest BCUT2D eigenvalue weighted by atomic mass is 9.79. The van der Waals surface area contributed by atoms with E-state index in [1.54, 1.807) is 21.7 Å². The van der Waals surface area contributed by atoms with Crippen LogP contribution in [-0.2, 0) is 36.1 Å². The molecule has 3 aliphatic heterocycles. The maximum Gasteiger partial charge on any atom is 0.410 e. The summed E-state index contributed by atoms with van der Waals surface area (Å²) < 4.78 is 8.83. The molecule has 0 spiro atoms. The number of piperidine rings is 2. The van der Waals surface area contributed by atoms with Crippen molar-refractivity contribution in [3.8, 4) is 0 Å². The van der Waals surface area contributed by atoms with Crippen molar-refractivity contribution in [1.29, 1.82) is 0 Å². The molecule has 2 aromatic carbocycles. The summed E-state index contributed by atoms with van der Waals surface area (Å²) in [6, 6.07) is 17.4. The van der Waals surface area contributed by atoms with Crippen LogP contribution in [0.2, 0.25) is 0 Å². The third-order valence-electron chi connectivity index (χ3n) is 10.9. The monoisotopic (exact) mass is 708 g/mol. The van der Waals surface area contributed by atoms with Crippen molar-refractivity contribution >= 4 is 28.9 Å². The van der Waals surface area contributed by atoms with Crippen molar-refractivity contribution in [3.63, 3.8) is 0 Å². The normalized spacial score (nSPS) is 20.4. The SMILES string of the molecule is Cn1ccc2c(=O)n(CC3(O)CCN(C(=O)[C@@H]4CCN(C(=O)c5ccc6c(c5)CCN(C(=O)OC(C)(C)C)C6)C[C@H]4c4ccccc4)CC3)cnc21. The minimum Gasteiger partial charge on any atom is -0.444 e. The average Bonchev–Trinajstić information content (AvgIpc) is 3.52. The average molecular weight is 709 g/mol. The lowest BCUT2D eigenvalue weighted by molar-refractivity contribution is -0.142. The summed E-state index contributed by atoms with van der Waals surface area (Å²) in [4.78, 5) is 63.8. The van der Waals surface area contributed by atoms with Crippen molar-refractivity contribution in [3.05, 3.63) is 99.7 Å². The van der Waals surface area contributed by atoms with Gasteiger partial charge in [0.2, 0.25) is 5.91 Å². The first-order valence-corrected chi connectivity index (χ1v) is 18.2. The van der Waals surface area contributed by atoms with E-state index in [0.717, 1.165) is 16.7 Å². The number of amides is 3. The number of likely N-dealkylation sites (tertiary alicyclic amines) is 2. The number of hydrogen-bond donors (Lipinski definition) is 1. The zero-order chi connectivity index (χ0) is 36.8. The quantitative estimate of drug-likeness (QED) is 0.327. The van der Waals surface area contributed by atoms with E-state index in [1.165, 1.54) is 10.9 Å². The number of nitrogens with zero attached hydrogens (tertiary/aromatic N) is 6. The molecular formula is C40H48N6O6. The van der Waals surface area contributed by atoms with Crippen LogP contribution < -0.4 is 5.56 Å². The first kappa shape index (κ1) is 35.4. The largest absolute Gasteiger partial charge is 0.444 e. The molecule has 3 amide bonds. The van der Waals surface area contributed by atoms with E-state index >= 15 is 0 Å². The Kier molecular flexibility index (Phi) is 9.45. The van der Waals surface area contributed by atoms with E-state index in [4.69, 9.17) is 4.74 Å². The molecule has 1 N–H and O–H groups in total. The van der Waals surface area contributed by atoms with Crippen molar-refractivity contribution in [2.45, 2.75) is 76.7 Å². The van der Waals surface area contributed by atoms with Crippen LogP contribution in [0.15, 0.2) is 71.9 Å². The maximum absolute atomic E-state index is 14.2. The minimum atomic E-state index is -1.14. The van der Waals surface area contributed by atoms with Gasteiger partial charge in [0.05, 0.1) is 17.5 Å². The van der Waals surface area contributed by atoms with E-state index in [1.807, 2.05) is 86.1 Å². The van der Waals surface area contributed by atoms with Crippen LogP contribution in [0.3, 0.4) is 0 Å². The number of hydrogen-bond acceptors (Lipinski definition) is 7. The summed E-state index contributed by atoms with van der Waals surface area (Å²) in [5.74, 6) is -0.525. The van der Waals surface area contributed by atoms with Crippen LogP contribution in [0.4, 0.5) is 4.79 Å². The second-order valence-electron chi connectivity index (χ2n) is 15.7. The zero-order valence-corrected chi connectivity index (χ0v) is 30.5. The summed E-state index contributed by atoms with van der Waals surface area (Å²) in [5, 5.41) is 12.0. The van der Waals surface area contributed by atoms with Crippen LogP contribution in [0.25, 0.3) is 11.0 Å². The lowest BCUT2D eigenvalue weighted by Gasteiger charge is -2.43. The van der Waals surface area contributed by atoms with Crippen molar-refractivity contribution in [1.82, 2.24) is 28.8 Å². The molecule has 3 aliphatic rings. The summed E-state index contributed by atoms with van der Waals surface area (Å²) in [5.41, 5.74) is 2.40. The molecule has 12 nitrogen and oxygen atoms in total. The predicted octanol–water partition coefficient (Wildman–Crippen LogP) is 4.33. The summed E-state index contributed by atoms with van der Waals surface area (Å²) in [6.07, 6.45) is 4.81. The molecular weight excluding hydrogens is 660 g/mol. The third kappa shape index (κ3) is 7.21. The highest BCUT2D eigenvalue weighted by atomic mass is 16.6. The Morgan fingerprint density at radius 1 is 0.942 bits per heavy atom. The van der Waals surface area contributed by atoms with Crippen LogP contribution in [0, 0.1) is 5.92 Å². The highest BCUT2D eigenvalue weighted by Gasteiger charge is 2.42. The lowest BCUT2D eigenvalue weighted by Crippen LogP contribution is -2.53. The first-order chi connectivity index (χ1) is 24.8. The van der Waals surface area contributed by atoms with E-state index < -0.39 is 11.2 Å². The molecule has 0 aliphatic carbocycles. The Bertz CT molecular complexity index is 2040. The Balaban J connectivity index is 1.01. The van der Waals surface area contributed by atoms with Gasteiger partial charge in [-0.1, -0.05) is 36.4 Å². The number of ether oxygens (including phenoxy) is 1. The van der Waals surface area contributed by atoms with Crippen LogP contribution in [0.1, 0.15) is 73.0 Å². The number of carbonyl (C=O) groups is 3. The molecule has 0 unspecified atom stereocenters. The fourth-order valence-corrected chi connectivity index (χ4v) is 7.97. The molecule has 2 fully saturated rings. The smallest absolute Gasteiger partial charge is 0.410 e. The van der Waals surface area contributed by atoms with Crippen LogP contribution in [-0.4, -0.2) is 95.8 Å². The van der Waals surface area contributed by atoms with Gasteiger partial charge in [-0.05, 0) is 81.3 Å². The summed E-state index contributed by atoms with van der Waals surface area (Å²) in [7, 11) is 1.84. The first-order valence-electron chi connectivity index (χ1n) is 18.2. The minimum absolute atomic E-state index is 0.0378. The molecule has 0 saturated carbocycles. The Morgan fingerprint density at radius 3 is 2.42 bits per heavy atom. The molecule has 12 heteroatoms. The van der Waals surface area contributed by atoms with Gasteiger partial charge in [0.15, 0.2) is 0 Å². The fraction of sp³-hybridized carbons (Fsp3) is 0.475. The molecule has 7 rings (SSSR count). The third-order valence-corrected chi connectivity index (χ3v) is 10.9. The number of carbonyl (C=O) groups excluding carboxylic acids is 3. The predicted molar refractivity (Wildman–Crippen MR) is 196 cm³/mol. The molecule has 2 aromatic heterocycles. The maximum atomic E-state index is 14.2. The molecule has 274 valence electrons. The molecule has 52 heavy (non-hydrogen) atoms. The van der Waals surface area contributed by atoms with E-state index in [-0.39, 0.29) is 41.8 Å². The second kappa shape index (κ2) is 13.9.